The number of rotatable bonds is 3. The first kappa shape index (κ1) is 11.4. The summed E-state index contributed by atoms with van der Waals surface area (Å²) in [6.45, 7) is 4.65. The number of nitrogens with one attached hydrogen (secondary N) is 1. The quantitative estimate of drug-likeness (QED) is 0.890. The molecule has 2 aromatic rings. The summed E-state index contributed by atoms with van der Waals surface area (Å²) in [4.78, 5) is 15.1. The lowest BCUT2D eigenvalue weighted by Gasteiger charge is -2.02. The smallest absolute Gasteiger partial charge is 0.261 e. The van der Waals surface area contributed by atoms with Gasteiger partial charge in [0.15, 0.2) is 0 Å². The van der Waals surface area contributed by atoms with Crippen molar-refractivity contribution in [3.63, 3.8) is 0 Å². The molecule has 0 bridgehead atoms. The molecule has 0 aliphatic rings. The standard InChI is InChI=1S/C12H13NOS2/c1-8-5-6-15-11(8)12(14)13-7-10-4-3-9(2)16-10/h3-6H,7H2,1-2H3,(H,13,14). The van der Waals surface area contributed by atoms with Crippen LogP contribution in [0.3, 0.4) is 0 Å². The molecule has 0 aromatic carbocycles. The normalized spacial score (nSPS) is 10.4. The molecule has 0 fully saturated rings. The van der Waals surface area contributed by atoms with Crippen LogP contribution in [0.5, 0.6) is 0 Å². The van der Waals surface area contributed by atoms with E-state index in [2.05, 4.69) is 24.4 Å². The van der Waals surface area contributed by atoms with Crippen molar-refractivity contribution in [1.29, 1.82) is 0 Å². The highest BCUT2D eigenvalue weighted by atomic mass is 32.1. The summed E-state index contributed by atoms with van der Waals surface area (Å²) in [5.41, 5.74) is 1.05. The molecule has 1 amide bonds. The van der Waals surface area contributed by atoms with Crippen molar-refractivity contribution in [3.05, 3.63) is 43.8 Å². The molecule has 0 aliphatic heterocycles. The molecule has 0 radical (unpaired) electrons. The van der Waals surface area contributed by atoms with Crippen LogP contribution in [-0.2, 0) is 6.54 Å². The van der Waals surface area contributed by atoms with Crippen molar-refractivity contribution in [3.8, 4) is 0 Å². The Balaban J connectivity index is 1.96. The fourth-order valence-corrected chi connectivity index (χ4v) is 3.10. The van der Waals surface area contributed by atoms with Crippen LogP contribution in [0.2, 0.25) is 0 Å². The fraction of sp³-hybridized carbons (Fsp3) is 0.250. The van der Waals surface area contributed by atoms with E-state index in [0.29, 0.717) is 6.54 Å². The van der Waals surface area contributed by atoms with Crippen molar-refractivity contribution in [1.82, 2.24) is 5.32 Å². The van der Waals surface area contributed by atoms with E-state index < -0.39 is 0 Å². The molecule has 0 spiro atoms. The minimum atomic E-state index is 0.0264. The summed E-state index contributed by atoms with van der Waals surface area (Å²) >= 11 is 3.21. The largest absolute Gasteiger partial charge is 0.346 e. The maximum atomic E-state index is 11.8. The Morgan fingerprint density at radius 3 is 2.69 bits per heavy atom. The van der Waals surface area contributed by atoms with E-state index in [0.717, 1.165) is 10.4 Å². The summed E-state index contributed by atoms with van der Waals surface area (Å²) < 4.78 is 0. The number of carbonyl (C=O) groups excluding carboxylic acids is 1. The van der Waals surface area contributed by atoms with Crippen molar-refractivity contribution in [2.24, 2.45) is 0 Å². The minimum absolute atomic E-state index is 0.0264. The van der Waals surface area contributed by atoms with Crippen LogP contribution < -0.4 is 5.32 Å². The zero-order chi connectivity index (χ0) is 11.5. The summed E-state index contributed by atoms with van der Waals surface area (Å²) in [5.74, 6) is 0.0264. The van der Waals surface area contributed by atoms with Gasteiger partial charge in [-0.05, 0) is 43.0 Å². The molecular formula is C12H13NOS2. The zero-order valence-corrected chi connectivity index (χ0v) is 10.9. The van der Waals surface area contributed by atoms with E-state index in [1.54, 1.807) is 11.3 Å². The van der Waals surface area contributed by atoms with Gasteiger partial charge in [-0.25, -0.2) is 0 Å². The molecule has 4 heteroatoms. The molecule has 0 atom stereocenters. The van der Waals surface area contributed by atoms with E-state index in [-0.39, 0.29) is 5.91 Å². The summed E-state index contributed by atoms with van der Waals surface area (Å²) in [6, 6.07) is 6.10. The monoisotopic (exact) mass is 251 g/mol. The number of amides is 1. The maximum Gasteiger partial charge on any atom is 0.261 e. The number of thiophene rings is 2. The predicted octanol–water partition coefficient (Wildman–Crippen LogP) is 3.36. The van der Waals surface area contributed by atoms with Gasteiger partial charge in [0.25, 0.3) is 5.91 Å². The second-order valence-corrected chi connectivity index (χ2v) is 5.92. The van der Waals surface area contributed by atoms with Gasteiger partial charge in [-0.3, -0.25) is 4.79 Å². The van der Waals surface area contributed by atoms with Gasteiger partial charge >= 0.3 is 0 Å². The van der Waals surface area contributed by atoms with Crippen molar-refractivity contribution in [2.45, 2.75) is 20.4 Å². The number of carbonyl (C=O) groups is 1. The third-order valence-corrected chi connectivity index (χ3v) is 4.30. The summed E-state index contributed by atoms with van der Waals surface area (Å²) in [7, 11) is 0. The molecule has 0 aliphatic carbocycles. The summed E-state index contributed by atoms with van der Waals surface area (Å²) in [6.07, 6.45) is 0. The molecule has 0 saturated carbocycles. The van der Waals surface area contributed by atoms with Crippen LogP contribution in [0, 0.1) is 13.8 Å². The number of hydrogen-bond donors (Lipinski definition) is 1. The third kappa shape index (κ3) is 2.51. The lowest BCUT2D eigenvalue weighted by molar-refractivity contribution is 0.0955. The van der Waals surface area contributed by atoms with Crippen LogP contribution in [-0.4, -0.2) is 5.91 Å². The Bertz CT molecular complexity index is 499. The van der Waals surface area contributed by atoms with E-state index in [1.807, 2.05) is 18.4 Å². The van der Waals surface area contributed by atoms with Gasteiger partial charge in [-0.2, -0.15) is 0 Å². The van der Waals surface area contributed by atoms with Gasteiger partial charge in [0.05, 0.1) is 11.4 Å². The van der Waals surface area contributed by atoms with E-state index in [4.69, 9.17) is 0 Å². The van der Waals surface area contributed by atoms with Gasteiger partial charge in [0, 0.05) is 9.75 Å². The Morgan fingerprint density at radius 1 is 1.31 bits per heavy atom. The highest BCUT2D eigenvalue weighted by Crippen LogP contribution is 2.17. The van der Waals surface area contributed by atoms with E-state index in [1.165, 1.54) is 21.1 Å². The highest BCUT2D eigenvalue weighted by Gasteiger charge is 2.09. The van der Waals surface area contributed by atoms with Gasteiger partial charge in [-0.1, -0.05) is 0 Å². The average molecular weight is 251 g/mol. The maximum absolute atomic E-state index is 11.8. The van der Waals surface area contributed by atoms with E-state index in [9.17, 15) is 4.79 Å². The SMILES string of the molecule is Cc1ccc(CNC(=O)c2sccc2C)s1. The Kier molecular flexibility index (Phi) is 3.41. The number of hydrogen-bond acceptors (Lipinski definition) is 3. The predicted molar refractivity (Wildman–Crippen MR) is 69.3 cm³/mol. The van der Waals surface area contributed by atoms with Crippen LogP contribution in [0.25, 0.3) is 0 Å². The molecule has 0 unspecified atom stereocenters. The summed E-state index contributed by atoms with van der Waals surface area (Å²) in [5, 5.41) is 4.88. The Labute approximate surface area is 103 Å². The van der Waals surface area contributed by atoms with Crippen LogP contribution in [0.4, 0.5) is 0 Å². The fourth-order valence-electron chi connectivity index (χ4n) is 1.43. The second kappa shape index (κ2) is 4.80. The molecule has 2 rings (SSSR count). The highest BCUT2D eigenvalue weighted by molar-refractivity contribution is 7.12. The lowest BCUT2D eigenvalue weighted by Crippen LogP contribution is -2.21. The first-order chi connectivity index (χ1) is 7.66. The molecular weight excluding hydrogens is 238 g/mol. The van der Waals surface area contributed by atoms with Crippen LogP contribution in [0.15, 0.2) is 23.6 Å². The second-order valence-electron chi connectivity index (χ2n) is 3.63. The molecule has 1 N–H and O–H groups in total. The Morgan fingerprint density at radius 2 is 2.12 bits per heavy atom. The molecule has 2 nitrogen and oxygen atoms in total. The Hall–Kier alpha value is -1.13. The van der Waals surface area contributed by atoms with Gasteiger partial charge < -0.3 is 5.32 Å². The first-order valence-corrected chi connectivity index (χ1v) is 6.74. The zero-order valence-electron chi connectivity index (χ0n) is 9.24. The molecule has 0 saturated heterocycles. The topological polar surface area (TPSA) is 29.1 Å². The average Bonchev–Trinajstić information content (AvgIpc) is 2.84. The van der Waals surface area contributed by atoms with Crippen molar-refractivity contribution < 1.29 is 4.79 Å². The molecule has 84 valence electrons. The molecule has 16 heavy (non-hydrogen) atoms. The van der Waals surface area contributed by atoms with Gasteiger partial charge in [0.1, 0.15) is 0 Å². The van der Waals surface area contributed by atoms with Gasteiger partial charge in [-0.15, -0.1) is 22.7 Å². The first-order valence-electron chi connectivity index (χ1n) is 5.04. The van der Waals surface area contributed by atoms with Crippen molar-refractivity contribution >= 4 is 28.6 Å². The third-order valence-electron chi connectivity index (χ3n) is 2.29. The minimum Gasteiger partial charge on any atom is -0.346 e. The van der Waals surface area contributed by atoms with Gasteiger partial charge in [0.2, 0.25) is 0 Å². The lowest BCUT2D eigenvalue weighted by atomic mass is 10.3. The van der Waals surface area contributed by atoms with Crippen molar-refractivity contribution in [2.75, 3.05) is 0 Å². The van der Waals surface area contributed by atoms with Crippen LogP contribution >= 0.6 is 22.7 Å². The molecule has 2 aromatic heterocycles. The number of aryl methyl sites for hydroxylation is 2. The van der Waals surface area contributed by atoms with E-state index >= 15 is 0 Å². The molecule has 2 heterocycles. The van der Waals surface area contributed by atoms with Crippen LogP contribution in [0.1, 0.15) is 25.0 Å².